The van der Waals surface area contributed by atoms with Gasteiger partial charge in [-0.15, -0.1) is 12.6 Å². The summed E-state index contributed by atoms with van der Waals surface area (Å²) in [6.45, 7) is 4.05. The van der Waals surface area contributed by atoms with Gasteiger partial charge in [-0.25, -0.2) is 0 Å². The van der Waals surface area contributed by atoms with Crippen molar-refractivity contribution in [2.24, 2.45) is 11.7 Å². The molecule has 0 aliphatic heterocycles. The summed E-state index contributed by atoms with van der Waals surface area (Å²) in [6.07, 6.45) is 0.725. The van der Waals surface area contributed by atoms with Crippen LogP contribution in [0.5, 0.6) is 0 Å². The molecule has 0 aliphatic carbocycles. The van der Waals surface area contributed by atoms with Gasteiger partial charge in [0.15, 0.2) is 0 Å². The largest absolute Gasteiger partial charge is 0.321 e. The third kappa shape index (κ3) is 4.48. The van der Waals surface area contributed by atoms with Gasteiger partial charge in [0.2, 0.25) is 5.12 Å². The molecule has 0 fully saturated rings. The van der Waals surface area contributed by atoms with Crippen molar-refractivity contribution >= 4 is 17.7 Å². The summed E-state index contributed by atoms with van der Waals surface area (Å²) in [7, 11) is 0. The second kappa shape index (κ2) is 3.90. The molecule has 0 saturated heterocycles. The summed E-state index contributed by atoms with van der Waals surface area (Å²) >= 11 is 3.60. The number of rotatable bonds is 3. The lowest BCUT2D eigenvalue weighted by Crippen LogP contribution is -2.28. The molecule has 1 unspecified atom stereocenters. The van der Waals surface area contributed by atoms with Gasteiger partial charge in [0.1, 0.15) is 0 Å². The van der Waals surface area contributed by atoms with Crippen molar-refractivity contribution in [1.29, 1.82) is 0 Å². The van der Waals surface area contributed by atoms with Gasteiger partial charge in [-0.1, -0.05) is 13.8 Å². The standard InChI is InChI=1S/C6H13NOS/c1-4(2)3-5(7)6(8)9/h4-5H,3,7H2,1-2H3,(H,8,9). The lowest BCUT2D eigenvalue weighted by Gasteiger charge is -2.08. The Hall–Kier alpha value is -0.0200. The zero-order valence-electron chi connectivity index (χ0n) is 5.79. The van der Waals surface area contributed by atoms with Crippen molar-refractivity contribution in [3.8, 4) is 0 Å². The molecule has 0 bridgehead atoms. The van der Waals surface area contributed by atoms with Crippen LogP contribution in [0.15, 0.2) is 0 Å². The molecule has 0 aliphatic rings. The number of thiol groups is 1. The molecule has 3 heteroatoms. The zero-order chi connectivity index (χ0) is 7.44. The summed E-state index contributed by atoms with van der Waals surface area (Å²) < 4.78 is 0. The van der Waals surface area contributed by atoms with Crippen LogP contribution in [0, 0.1) is 5.92 Å². The highest BCUT2D eigenvalue weighted by Gasteiger charge is 2.09. The van der Waals surface area contributed by atoms with Gasteiger partial charge in [0.05, 0.1) is 6.04 Å². The molecule has 1 atom stereocenters. The quantitative estimate of drug-likeness (QED) is 0.580. The predicted molar refractivity (Wildman–Crippen MR) is 41.4 cm³/mol. The predicted octanol–water partition coefficient (Wildman–Crippen LogP) is 0.816. The first-order valence-electron chi connectivity index (χ1n) is 3.02. The van der Waals surface area contributed by atoms with Gasteiger partial charge < -0.3 is 5.73 Å². The molecule has 0 radical (unpaired) electrons. The summed E-state index contributed by atoms with van der Waals surface area (Å²) in [5.74, 6) is 0.469. The highest BCUT2D eigenvalue weighted by Crippen LogP contribution is 2.03. The molecule has 9 heavy (non-hydrogen) atoms. The van der Waals surface area contributed by atoms with E-state index < -0.39 is 0 Å². The van der Waals surface area contributed by atoms with Crippen LogP contribution >= 0.6 is 12.6 Å². The maximum absolute atomic E-state index is 10.4. The maximum atomic E-state index is 10.4. The Kier molecular flexibility index (Phi) is 3.89. The lowest BCUT2D eigenvalue weighted by atomic mass is 10.1. The van der Waals surface area contributed by atoms with Gasteiger partial charge in [-0.3, -0.25) is 4.79 Å². The molecule has 0 amide bonds. The SMILES string of the molecule is CC(C)CC(N)C(=O)S. The van der Waals surface area contributed by atoms with E-state index in [1.165, 1.54) is 0 Å². The Bertz CT molecular complexity index is 103. The van der Waals surface area contributed by atoms with E-state index in [-0.39, 0.29) is 11.2 Å². The minimum atomic E-state index is -0.381. The first-order chi connectivity index (χ1) is 4.04. The molecular weight excluding hydrogens is 134 g/mol. The van der Waals surface area contributed by atoms with Gasteiger partial charge in [0.25, 0.3) is 0 Å². The third-order valence-corrected chi connectivity index (χ3v) is 1.37. The molecule has 0 aromatic rings. The highest BCUT2D eigenvalue weighted by atomic mass is 32.1. The Balaban J connectivity index is 3.50. The first-order valence-corrected chi connectivity index (χ1v) is 3.47. The molecular formula is C6H13NOS. The second-order valence-corrected chi connectivity index (χ2v) is 3.02. The van der Waals surface area contributed by atoms with Crippen LogP contribution in [0.4, 0.5) is 0 Å². The van der Waals surface area contributed by atoms with Crippen LogP contribution in [0.1, 0.15) is 20.3 Å². The second-order valence-electron chi connectivity index (χ2n) is 2.57. The molecule has 54 valence electrons. The summed E-state index contributed by atoms with van der Waals surface area (Å²) in [6, 6.07) is -0.381. The van der Waals surface area contributed by atoms with Gasteiger partial charge in [-0.05, 0) is 12.3 Å². The van der Waals surface area contributed by atoms with E-state index in [9.17, 15) is 4.79 Å². The minimum absolute atomic E-state index is 0.219. The van der Waals surface area contributed by atoms with Crippen LogP contribution in [0.3, 0.4) is 0 Å². The number of hydrogen-bond donors (Lipinski definition) is 2. The zero-order valence-corrected chi connectivity index (χ0v) is 6.69. The maximum Gasteiger partial charge on any atom is 0.202 e. The average molecular weight is 147 g/mol. The van der Waals surface area contributed by atoms with E-state index in [4.69, 9.17) is 5.73 Å². The molecule has 0 rings (SSSR count). The van der Waals surface area contributed by atoms with Crippen molar-refractivity contribution in [3.05, 3.63) is 0 Å². The van der Waals surface area contributed by atoms with Crippen LogP contribution in [0.25, 0.3) is 0 Å². The van der Waals surface area contributed by atoms with Crippen LogP contribution in [-0.4, -0.2) is 11.2 Å². The van der Waals surface area contributed by atoms with Crippen molar-refractivity contribution < 1.29 is 4.79 Å². The smallest absolute Gasteiger partial charge is 0.202 e. The number of nitrogens with two attached hydrogens (primary N) is 1. The van der Waals surface area contributed by atoms with Crippen molar-refractivity contribution in [2.75, 3.05) is 0 Å². The van der Waals surface area contributed by atoms with Crippen molar-refractivity contribution in [1.82, 2.24) is 0 Å². The molecule has 0 aromatic heterocycles. The number of carbonyl (C=O) groups excluding carboxylic acids is 1. The van der Waals surface area contributed by atoms with Crippen LogP contribution < -0.4 is 5.73 Å². The summed E-state index contributed by atoms with van der Waals surface area (Å²) in [5, 5.41) is -0.219. The van der Waals surface area contributed by atoms with E-state index in [1.807, 2.05) is 13.8 Å². The van der Waals surface area contributed by atoms with Crippen molar-refractivity contribution in [2.45, 2.75) is 26.3 Å². The van der Waals surface area contributed by atoms with Crippen LogP contribution in [-0.2, 0) is 4.79 Å². The Labute approximate surface area is 61.2 Å². The summed E-state index contributed by atoms with van der Waals surface area (Å²) in [4.78, 5) is 10.4. The molecule has 0 heterocycles. The Morgan fingerprint density at radius 3 is 2.22 bits per heavy atom. The van der Waals surface area contributed by atoms with Gasteiger partial charge in [0, 0.05) is 0 Å². The van der Waals surface area contributed by atoms with E-state index >= 15 is 0 Å². The summed E-state index contributed by atoms with van der Waals surface area (Å²) in [5.41, 5.74) is 5.39. The lowest BCUT2D eigenvalue weighted by molar-refractivity contribution is -0.112. The average Bonchev–Trinajstić information content (AvgIpc) is 1.63. The molecule has 2 nitrogen and oxygen atoms in total. The van der Waals surface area contributed by atoms with Crippen LogP contribution in [0.2, 0.25) is 0 Å². The molecule has 0 saturated carbocycles. The van der Waals surface area contributed by atoms with E-state index in [2.05, 4.69) is 12.6 Å². The molecule has 0 aromatic carbocycles. The fourth-order valence-electron chi connectivity index (χ4n) is 0.609. The van der Waals surface area contributed by atoms with Gasteiger partial charge >= 0.3 is 0 Å². The number of carbonyl (C=O) groups is 1. The normalized spacial score (nSPS) is 13.9. The monoisotopic (exact) mass is 147 g/mol. The Morgan fingerprint density at radius 2 is 2.11 bits per heavy atom. The topological polar surface area (TPSA) is 43.1 Å². The van der Waals surface area contributed by atoms with Crippen molar-refractivity contribution in [3.63, 3.8) is 0 Å². The fourth-order valence-corrected chi connectivity index (χ4v) is 0.714. The molecule has 2 N–H and O–H groups in total. The highest BCUT2D eigenvalue weighted by molar-refractivity contribution is 7.96. The fraction of sp³-hybridized carbons (Fsp3) is 0.833. The van der Waals surface area contributed by atoms with E-state index in [0.717, 1.165) is 6.42 Å². The number of hydrogen-bond acceptors (Lipinski definition) is 2. The minimum Gasteiger partial charge on any atom is -0.321 e. The first kappa shape index (κ1) is 8.98. The van der Waals surface area contributed by atoms with E-state index in [1.54, 1.807) is 0 Å². The molecule has 0 spiro atoms. The third-order valence-electron chi connectivity index (χ3n) is 1.04. The van der Waals surface area contributed by atoms with Gasteiger partial charge in [-0.2, -0.15) is 0 Å². The Morgan fingerprint density at radius 1 is 1.67 bits per heavy atom. The van der Waals surface area contributed by atoms with E-state index in [0.29, 0.717) is 5.92 Å².